The van der Waals surface area contributed by atoms with E-state index < -0.39 is 0 Å². The predicted octanol–water partition coefficient (Wildman–Crippen LogP) is 1.29. The third-order valence-electron chi connectivity index (χ3n) is 2.64. The van der Waals surface area contributed by atoms with Gasteiger partial charge in [-0.15, -0.1) is 0 Å². The van der Waals surface area contributed by atoms with Crippen molar-refractivity contribution >= 4 is 0 Å². The van der Waals surface area contributed by atoms with Gasteiger partial charge in [-0.25, -0.2) is 0 Å². The van der Waals surface area contributed by atoms with Crippen LogP contribution in [0.4, 0.5) is 0 Å². The van der Waals surface area contributed by atoms with Gasteiger partial charge in [0, 0.05) is 13.5 Å². The number of hydrogen-bond donors (Lipinski definition) is 1. The third kappa shape index (κ3) is 1.90. The Bertz CT molecular complexity index is 381. The van der Waals surface area contributed by atoms with E-state index in [1.807, 2.05) is 25.7 Å². The number of ether oxygens (including phenoxy) is 1. The van der Waals surface area contributed by atoms with Crippen molar-refractivity contribution in [2.45, 2.75) is 19.4 Å². The van der Waals surface area contributed by atoms with Crippen LogP contribution in [0.5, 0.6) is 0 Å². The summed E-state index contributed by atoms with van der Waals surface area (Å²) in [5.74, 6) is 1.01. The highest BCUT2D eigenvalue weighted by Crippen LogP contribution is 2.26. The first-order valence-corrected chi connectivity index (χ1v) is 5.23. The van der Waals surface area contributed by atoms with Gasteiger partial charge in [-0.05, 0) is 26.1 Å². The number of nitrogens with zero attached hydrogens (tertiary/aromatic N) is 2. The summed E-state index contributed by atoms with van der Waals surface area (Å²) >= 11 is 0. The first kappa shape index (κ1) is 10.2. The van der Waals surface area contributed by atoms with Crippen LogP contribution in [-0.4, -0.2) is 23.4 Å². The van der Waals surface area contributed by atoms with E-state index in [1.54, 1.807) is 0 Å². The van der Waals surface area contributed by atoms with Crippen LogP contribution in [0.2, 0.25) is 0 Å². The zero-order valence-electron chi connectivity index (χ0n) is 9.45. The Labute approximate surface area is 89.9 Å². The largest absolute Gasteiger partial charge is 0.496 e. The lowest BCUT2D eigenvalue weighted by Crippen LogP contribution is -2.21. The van der Waals surface area contributed by atoms with Crippen LogP contribution in [0.1, 0.15) is 23.9 Å². The molecule has 2 heterocycles. The third-order valence-corrected chi connectivity index (χ3v) is 2.64. The van der Waals surface area contributed by atoms with Gasteiger partial charge in [0.2, 0.25) is 0 Å². The van der Waals surface area contributed by atoms with Crippen molar-refractivity contribution in [3.8, 4) is 0 Å². The SMILES string of the molecule is CNC(C1=CCCO1)c1cc(C)nn1C. The van der Waals surface area contributed by atoms with Gasteiger partial charge in [-0.1, -0.05) is 0 Å². The maximum atomic E-state index is 5.58. The number of aromatic nitrogens is 2. The zero-order chi connectivity index (χ0) is 10.8. The molecular weight excluding hydrogens is 190 g/mol. The van der Waals surface area contributed by atoms with E-state index in [0.29, 0.717) is 0 Å². The number of nitrogens with one attached hydrogen (secondary N) is 1. The molecule has 0 saturated carbocycles. The highest BCUT2D eigenvalue weighted by atomic mass is 16.5. The fourth-order valence-corrected chi connectivity index (χ4v) is 1.97. The maximum Gasteiger partial charge on any atom is 0.115 e. The Kier molecular flexibility index (Phi) is 2.77. The Hall–Kier alpha value is -1.29. The van der Waals surface area contributed by atoms with Crippen LogP contribution in [0, 0.1) is 6.92 Å². The zero-order valence-corrected chi connectivity index (χ0v) is 9.45. The van der Waals surface area contributed by atoms with Gasteiger partial charge in [-0.2, -0.15) is 5.10 Å². The molecule has 1 N–H and O–H groups in total. The Morgan fingerprint density at radius 3 is 2.87 bits per heavy atom. The molecule has 1 aromatic rings. The van der Waals surface area contributed by atoms with Crippen LogP contribution in [0.25, 0.3) is 0 Å². The fourth-order valence-electron chi connectivity index (χ4n) is 1.97. The molecule has 4 heteroatoms. The van der Waals surface area contributed by atoms with Crippen LogP contribution >= 0.6 is 0 Å². The highest BCUT2D eigenvalue weighted by molar-refractivity contribution is 5.22. The molecule has 1 aromatic heterocycles. The fraction of sp³-hybridized carbons (Fsp3) is 0.545. The Balaban J connectivity index is 2.29. The van der Waals surface area contributed by atoms with E-state index in [2.05, 4.69) is 22.6 Å². The Morgan fingerprint density at radius 1 is 1.60 bits per heavy atom. The van der Waals surface area contributed by atoms with Crippen LogP contribution in [-0.2, 0) is 11.8 Å². The van der Waals surface area contributed by atoms with E-state index in [-0.39, 0.29) is 6.04 Å². The molecule has 2 rings (SSSR count). The molecule has 0 spiro atoms. The lowest BCUT2D eigenvalue weighted by Gasteiger charge is -2.17. The summed E-state index contributed by atoms with van der Waals surface area (Å²) in [6, 6.07) is 2.21. The van der Waals surface area contributed by atoms with Gasteiger partial charge < -0.3 is 10.1 Å². The summed E-state index contributed by atoms with van der Waals surface area (Å²) in [7, 11) is 3.90. The quantitative estimate of drug-likeness (QED) is 0.812. The Morgan fingerprint density at radius 2 is 2.40 bits per heavy atom. The minimum Gasteiger partial charge on any atom is -0.496 e. The lowest BCUT2D eigenvalue weighted by atomic mass is 10.1. The second-order valence-corrected chi connectivity index (χ2v) is 3.80. The summed E-state index contributed by atoms with van der Waals surface area (Å²) in [6.07, 6.45) is 3.15. The van der Waals surface area contributed by atoms with Crippen molar-refractivity contribution in [3.05, 3.63) is 29.3 Å². The summed E-state index contributed by atoms with van der Waals surface area (Å²) in [5, 5.41) is 7.61. The van der Waals surface area contributed by atoms with E-state index in [0.717, 1.165) is 30.2 Å². The van der Waals surface area contributed by atoms with E-state index in [4.69, 9.17) is 4.74 Å². The van der Waals surface area contributed by atoms with Crippen molar-refractivity contribution in [1.82, 2.24) is 15.1 Å². The average molecular weight is 207 g/mol. The second kappa shape index (κ2) is 4.06. The van der Waals surface area contributed by atoms with Crippen molar-refractivity contribution in [3.63, 3.8) is 0 Å². The first-order chi connectivity index (χ1) is 7.22. The van der Waals surface area contributed by atoms with E-state index in [1.165, 1.54) is 0 Å². The lowest BCUT2D eigenvalue weighted by molar-refractivity contribution is 0.215. The molecule has 82 valence electrons. The molecule has 1 aliphatic heterocycles. The summed E-state index contributed by atoms with van der Waals surface area (Å²) in [5.41, 5.74) is 2.18. The van der Waals surface area contributed by atoms with Gasteiger partial charge in [0.05, 0.1) is 18.0 Å². The minimum atomic E-state index is 0.124. The average Bonchev–Trinajstić information content (AvgIpc) is 2.79. The van der Waals surface area contributed by atoms with Crippen molar-refractivity contribution in [2.24, 2.45) is 7.05 Å². The molecule has 0 saturated heterocycles. The van der Waals surface area contributed by atoms with Gasteiger partial charge in [0.15, 0.2) is 0 Å². The number of likely N-dealkylation sites (N-methyl/N-ethyl adjacent to an activating group) is 1. The molecule has 0 aliphatic carbocycles. The van der Waals surface area contributed by atoms with Gasteiger partial charge in [0.1, 0.15) is 11.8 Å². The minimum absolute atomic E-state index is 0.124. The number of hydrogen-bond acceptors (Lipinski definition) is 3. The first-order valence-electron chi connectivity index (χ1n) is 5.23. The number of rotatable bonds is 3. The molecule has 0 amide bonds. The summed E-state index contributed by atoms with van der Waals surface area (Å²) in [6.45, 7) is 2.80. The summed E-state index contributed by atoms with van der Waals surface area (Å²) in [4.78, 5) is 0. The van der Waals surface area contributed by atoms with Gasteiger partial charge in [-0.3, -0.25) is 4.68 Å². The standard InChI is InChI=1S/C11H17N3O/c1-8-7-9(14(3)13-8)11(12-2)10-5-4-6-15-10/h5,7,11-12H,4,6H2,1-3H3. The second-order valence-electron chi connectivity index (χ2n) is 3.80. The predicted molar refractivity (Wildman–Crippen MR) is 58.4 cm³/mol. The molecule has 1 unspecified atom stereocenters. The molecule has 0 bridgehead atoms. The normalized spacial score (nSPS) is 17.4. The van der Waals surface area contributed by atoms with Crippen LogP contribution in [0.15, 0.2) is 17.9 Å². The monoisotopic (exact) mass is 207 g/mol. The maximum absolute atomic E-state index is 5.58. The summed E-state index contributed by atoms with van der Waals surface area (Å²) < 4.78 is 7.48. The molecular formula is C11H17N3O. The van der Waals surface area contributed by atoms with E-state index in [9.17, 15) is 0 Å². The van der Waals surface area contributed by atoms with Crippen LogP contribution < -0.4 is 5.32 Å². The van der Waals surface area contributed by atoms with Gasteiger partial charge in [0.25, 0.3) is 0 Å². The van der Waals surface area contributed by atoms with Crippen LogP contribution in [0.3, 0.4) is 0 Å². The molecule has 4 nitrogen and oxygen atoms in total. The molecule has 0 fully saturated rings. The van der Waals surface area contributed by atoms with Gasteiger partial charge >= 0.3 is 0 Å². The van der Waals surface area contributed by atoms with Crippen molar-refractivity contribution in [2.75, 3.05) is 13.7 Å². The smallest absolute Gasteiger partial charge is 0.115 e. The molecule has 15 heavy (non-hydrogen) atoms. The van der Waals surface area contributed by atoms with Crippen molar-refractivity contribution < 1.29 is 4.74 Å². The molecule has 1 aliphatic rings. The molecule has 0 radical (unpaired) electrons. The number of aryl methyl sites for hydroxylation is 2. The highest BCUT2D eigenvalue weighted by Gasteiger charge is 2.22. The van der Waals surface area contributed by atoms with E-state index >= 15 is 0 Å². The molecule has 1 atom stereocenters. The topological polar surface area (TPSA) is 39.1 Å². The molecule has 0 aromatic carbocycles. The van der Waals surface area contributed by atoms with Crippen molar-refractivity contribution in [1.29, 1.82) is 0 Å².